The lowest BCUT2D eigenvalue weighted by Gasteiger charge is -2.34. The number of aromatic nitrogens is 2. The number of aliphatic hydroxyl groups is 1. The Morgan fingerprint density at radius 2 is 2.08 bits per heavy atom. The Kier molecular flexibility index (Phi) is 4.91. The van der Waals surface area contributed by atoms with Crippen molar-refractivity contribution >= 4 is 18.0 Å². The molecular formula is C21H25N3O2. The molecule has 26 heavy (non-hydrogen) atoms. The number of nitrogens with zero attached hydrogens (tertiary/aromatic N) is 3. The van der Waals surface area contributed by atoms with Gasteiger partial charge in [-0.1, -0.05) is 35.9 Å². The second-order valence-corrected chi connectivity index (χ2v) is 6.85. The Morgan fingerprint density at radius 3 is 2.88 bits per heavy atom. The molecule has 1 aliphatic carbocycles. The molecule has 1 aromatic carbocycles. The molecule has 2 aliphatic rings. The summed E-state index contributed by atoms with van der Waals surface area (Å²) in [6.07, 6.45) is 10.7. The Morgan fingerprint density at radius 1 is 1.23 bits per heavy atom. The standard InChI is InChI=1S/C21H25N3O2/c1-16-8-10-17(11-9-16)24-20-7-5-3-2-4-6-19(20)21(22-24)23-12-13-26-15-18(23)14-25/h2,4,6-11,18,25H,3,5,12-15H2,1H3/b4-2+,19-6+,20-7+. The molecule has 1 saturated heterocycles. The zero-order valence-electron chi connectivity index (χ0n) is 15.1. The maximum absolute atomic E-state index is 9.79. The molecule has 5 nitrogen and oxygen atoms in total. The molecule has 1 fully saturated rings. The predicted molar refractivity (Wildman–Crippen MR) is 104 cm³/mol. The molecule has 1 atom stereocenters. The summed E-state index contributed by atoms with van der Waals surface area (Å²) in [6, 6.07) is 8.38. The molecule has 136 valence electrons. The van der Waals surface area contributed by atoms with Gasteiger partial charge in [0.1, 0.15) is 0 Å². The molecular weight excluding hydrogens is 326 g/mol. The number of allylic oxidation sites excluding steroid dienone is 2. The first-order chi connectivity index (χ1) is 12.8. The van der Waals surface area contributed by atoms with E-state index < -0.39 is 0 Å². The lowest BCUT2D eigenvalue weighted by molar-refractivity contribution is 0.0721. The van der Waals surface area contributed by atoms with Crippen LogP contribution in [-0.4, -0.2) is 47.3 Å². The molecule has 4 rings (SSSR count). The molecule has 1 N–H and O–H groups in total. The number of benzene rings is 1. The van der Waals surface area contributed by atoms with E-state index in [1.807, 2.05) is 4.68 Å². The van der Waals surface area contributed by atoms with Gasteiger partial charge in [0, 0.05) is 11.8 Å². The van der Waals surface area contributed by atoms with Crippen molar-refractivity contribution in [2.45, 2.75) is 25.8 Å². The van der Waals surface area contributed by atoms with E-state index in [-0.39, 0.29) is 12.6 Å². The van der Waals surface area contributed by atoms with E-state index in [1.54, 1.807) is 0 Å². The molecule has 2 heterocycles. The van der Waals surface area contributed by atoms with E-state index in [2.05, 4.69) is 60.4 Å². The zero-order valence-corrected chi connectivity index (χ0v) is 15.1. The van der Waals surface area contributed by atoms with Gasteiger partial charge in [-0.05, 0) is 38.0 Å². The summed E-state index contributed by atoms with van der Waals surface area (Å²) >= 11 is 0. The number of morpholine rings is 1. The van der Waals surface area contributed by atoms with Crippen molar-refractivity contribution < 1.29 is 9.84 Å². The van der Waals surface area contributed by atoms with E-state index in [1.165, 1.54) is 5.56 Å². The minimum atomic E-state index is -0.0583. The minimum absolute atomic E-state index is 0.0583. The number of hydrogen-bond donors (Lipinski definition) is 1. The van der Waals surface area contributed by atoms with Crippen molar-refractivity contribution in [3.63, 3.8) is 0 Å². The maximum atomic E-state index is 9.79. The van der Waals surface area contributed by atoms with E-state index >= 15 is 0 Å². The first kappa shape index (κ1) is 17.1. The summed E-state index contributed by atoms with van der Waals surface area (Å²) in [5.41, 5.74) is 2.29. The molecule has 0 radical (unpaired) electrons. The monoisotopic (exact) mass is 351 g/mol. The van der Waals surface area contributed by atoms with Crippen LogP contribution in [0.1, 0.15) is 18.4 Å². The third kappa shape index (κ3) is 3.20. The molecule has 1 aromatic heterocycles. The Labute approximate surface area is 153 Å². The van der Waals surface area contributed by atoms with Gasteiger partial charge in [0.15, 0.2) is 5.82 Å². The third-order valence-corrected chi connectivity index (χ3v) is 5.00. The minimum Gasteiger partial charge on any atom is -0.394 e. The number of aryl methyl sites for hydroxylation is 1. The van der Waals surface area contributed by atoms with E-state index in [0.29, 0.717) is 13.2 Å². The SMILES string of the molecule is Cc1ccc(-n2nc(N3CCOCC3CO)c3/c2=C\CC\C=C\C=3)cc1. The van der Waals surface area contributed by atoms with Crippen molar-refractivity contribution in [3.8, 4) is 5.69 Å². The summed E-state index contributed by atoms with van der Waals surface area (Å²) in [4.78, 5) is 2.19. The number of aliphatic hydroxyl groups excluding tert-OH is 1. The number of fused-ring (bicyclic) bond motifs is 1. The van der Waals surface area contributed by atoms with Crippen LogP contribution in [0.15, 0.2) is 36.4 Å². The molecule has 2 aromatic rings. The number of ether oxygens (including phenoxy) is 1. The van der Waals surface area contributed by atoms with Gasteiger partial charge in [-0.3, -0.25) is 0 Å². The van der Waals surface area contributed by atoms with Crippen LogP contribution >= 0.6 is 0 Å². The number of rotatable bonds is 3. The Balaban J connectivity index is 1.91. The van der Waals surface area contributed by atoms with Crippen molar-refractivity contribution in [2.24, 2.45) is 0 Å². The topological polar surface area (TPSA) is 50.5 Å². The van der Waals surface area contributed by atoms with Gasteiger partial charge in [-0.25, -0.2) is 4.68 Å². The average molecular weight is 351 g/mol. The third-order valence-electron chi connectivity index (χ3n) is 5.00. The Bertz CT molecular complexity index is 912. The maximum Gasteiger partial charge on any atom is 0.159 e. The van der Waals surface area contributed by atoms with Crippen LogP contribution in [0.25, 0.3) is 17.8 Å². The molecule has 1 aliphatic heterocycles. The highest BCUT2D eigenvalue weighted by Gasteiger charge is 2.26. The van der Waals surface area contributed by atoms with Gasteiger partial charge in [0.2, 0.25) is 0 Å². The van der Waals surface area contributed by atoms with Crippen LogP contribution < -0.4 is 15.5 Å². The molecule has 0 spiro atoms. The molecule has 0 saturated carbocycles. The summed E-state index contributed by atoms with van der Waals surface area (Å²) in [7, 11) is 0. The molecule has 0 bridgehead atoms. The van der Waals surface area contributed by atoms with Crippen molar-refractivity contribution in [2.75, 3.05) is 31.3 Å². The fraction of sp³-hybridized carbons (Fsp3) is 0.381. The number of hydrogen-bond acceptors (Lipinski definition) is 4. The molecule has 0 amide bonds. The Hall–Kier alpha value is -2.37. The number of anilines is 1. The van der Waals surface area contributed by atoms with Crippen LogP contribution in [0.5, 0.6) is 0 Å². The van der Waals surface area contributed by atoms with Gasteiger partial charge in [0.25, 0.3) is 0 Å². The molecule has 1 unspecified atom stereocenters. The van der Waals surface area contributed by atoms with E-state index in [0.717, 1.165) is 41.5 Å². The van der Waals surface area contributed by atoms with Gasteiger partial charge < -0.3 is 14.7 Å². The fourth-order valence-corrected chi connectivity index (χ4v) is 3.54. The van der Waals surface area contributed by atoms with Crippen molar-refractivity contribution in [3.05, 3.63) is 52.5 Å². The summed E-state index contributed by atoms with van der Waals surface area (Å²) in [5, 5.41) is 17.0. The molecule has 5 heteroatoms. The highest BCUT2D eigenvalue weighted by molar-refractivity contribution is 5.54. The van der Waals surface area contributed by atoms with Crippen LogP contribution in [0, 0.1) is 6.92 Å². The quantitative estimate of drug-likeness (QED) is 0.905. The normalized spacial score (nSPS) is 23.8. The van der Waals surface area contributed by atoms with Crippen LogP contribution in [0.3, 0.4) is 0 Å². The van der Waals surface area contributed by atoms with Crippen LogP contribution in [-0.2, 0) is 4.74 Å². The fourth-order valence-electron chi connectivity index (χ4n) is 3.54. The second kappa shape index (κ2) is 7.48. The van der Waals surface area contributed by atoms with Gasteiger partial charge in [-0.2, -0.15) is 0 Å². The van der Waals surface area contributed by atoms with Crippen LogP contribution in [0.2, 0.25) is 0 Å². The zero-order chi connectivity index (χ0) is 17.9. The average Bonchev–Trinajstić information content (AvgIpc) is 2.99. The largest absolute Gasteiger partial charge is 0.394 e. The highest BCUT2D eigenvalue weighted by atomic mass is 16.5. The first-order valence-corrected chi connectivity index (χ1v) is 9.26. The highest BCUT2D eigenvalue weighted by Crippen LogP contribution is 2.15. The van der Waals surface area contributed by atoms with Gasteiger partial charge in [0.05, 0.1) is 36.9 Å². The summed E-state index contributed by atoms with van der Waals surface area (Å²) in [6.45, 7) is 4.07. The predicted octanol–water partition coefficient (Wildman–Crippen LogP) is 1.29. The van der Waals surface area contributed by atoms with Crippen LogP contribution in [0.4, 0.5) is 5.82 Å². The van der Waals surface area contributed by atoms with Gasteiger partial charge in [-0.15, -0.1) is 5.10 Å². The summed E-state index contributed by atoms with van der Waals surface area (Å²) in [5.74, 6) is 0.922. The van der Waals surface area contributed by atoms with E-state index in [4.69, 9.17) is 9.84 Å². The van der Waals surface area contributed by atoms with E-state index in [9.17, 15) is 5.11 Å². The lowest BCUT2D eigenvalue weighted by atomic mass is 10.1. The van der Waals surface area contributed by atoms with Crippen molar-refractivity contribution in [1.82, 2.24) is 9.78 Å². The first-order valence-electron chi connectivity index (χ1n) is 9.26. The smallest absolute Gasteiger partial charge is 0.159 e. The second-order valence-electron chi connectivity index (χ2n) is 6.85. The lowest BCUT2D eigenvalue weighted by Crippen LogP contribution is -2.50. The van der Waals surface area contributed by atoms with Crippen molar-refractivity contribution in [1.29, 1.82) is 0 Å². The summed E-state index contributed by atoms with van der Waals surface area (Å²) < 4.78 is 7.58. The van der Waals surface area contributed by atoms with Gasteiger partial charge >= 0.3 is 0 Å².